The summed E-state index contributed by atoms with van der Waals surface area (Å²) in [5, 5.41) is 5.96. The second kappa shape index (κ2) is 10.7. The van der Waals surface area contributed by atoms with Gasteiger partial charge in [-0.25, -0.2) is 4.79 Å². The van der Waals surface area contributed by atoms with E-state index in [2.05, 4.69) is 50.2 Å². The number of ether oxygens (including phenoxy) is 1. The van der Waals surface area contributed by atoms with Crippen LogP contribution in [0, 0.1) is 17.3 Å². The molecular formula is C25H44N4O4. The predicted molar refractivity (Wildman–Crippen MR) is 128 cm³/mol. The number of rotatable bonds is 8. The molecule has 0 radical (unpaired) electrons. The Morgan fingerprint density at radius 1 is 1.15 bits per heavy atom. The number of carbonyl (C=O) groups excluding carboxylic acids is 3. The minimum Gasteiger partial charge on any atom is -0.379 e. The first-order chi connectivity index (χ1) is 15.6. The first-order valence-electron chi connectivity index (χ1n) is 12.8. The maximum Gasteiger partial charge on any atom is 0.325 e. The summed E-state index contributed by atoms with van der Waals surface area (Å²) < 4.78 is 5.50. The fourth-order valence-electron chi connectivity index (χ4n) is 5.89. The molecule has 0 bridgehead atoms. The SMILES string of the molecule is CCC(CC)C(CNC(=O)CN1C(=O)NC2(CCC(C(C)(C)C)CC2)C1=O)N1CCOCC1. The van der Waals surface area contributed by atoms with E-state index in [0.29, 0.717) is 44.4 Å². The third kappa shape index (κ3) is 5.88. The summed E-state index contributed by atoms with van der Waals surface area (Å²) in [5.74, 6) is 0.497. The van der Waals surface area contributed by atoms with Crippen LogP contribution in [-0.2, 0) is 14.3 Å². The lowest BCUT2D eigenvalue weighted by atomic mass is 9.67. The second-order valence-corrected chi connectivity index (χ2v) is 11.1. The van der Waals surface area contributed by atoms with Crippen LogP contribution >= 0.6 is 0 Å². The standard InChI is InChI=1S/C25H44N4O4/c1-6-18(7-2)20(28-12-14-33-15-13-28)16-26-21(30)17-29-22(31)25(27-23(29)32)10-8-19(9-11-25)24(3,4)5/h18-20H,6-17H2,1-5H3,(H,26,30)(H,27,32). The van der Waals surface area contributed by atoms with Gasteiger partial charge in [0.2, 0.25) is 5.91 Å². The van der Waals surface area contributed by atoms with Crippen LogP contribution in [0.1, 0.15) is 73.1 Å². The fourth-order valence-corrected chi connectivity index (χ4v) is 5.89. The van der Waals surface area contributed by atoms with Gasteiger partial charge in [0.05, 0.1) is 13.2 Å². The Bertz CT molecular complexity index is 702. The van der Waals surface area contributed by atoms with Crippen molar-refractivity contribution in [2.75, 3.05) is 39.4 Å². The van der Waals surface area contributed by atoms with Gasteiger partial charge in [0.25, 0.3) is 5.91 Å². The van der Waals surface area contributed by atoms with E-state index in [1.165, 1.54) is 0 Å². The summed E-state index contributed by atoms with van der Waals surface area (Å²) in [6.07, 6.45) is 5.19. The molecule has 3 aliphatic rings. The summed E-state index contributed by atoms with van der Waals surface area (Å²) in [6, 6.07) is -0.205. The molecule has 2 N–H and O–H groups in total. The fraction of sp³-hybridized carbons (Fsp3) is 0.880. The number of morpholine rings is 1. The van der Waals surface area contributed by atoms with Gasteiger partial charge in [-0.2, -0.15) is 0 Å². The van der Waals surface area contributed by atoms with Crippen molar-refractivity contribution in [3.8, 4) is 0 Å². The van der Waals surface area contributed by atoms with Gasteiger partial charge in [-0.3, -0.25) is 19.4 Å². The molecule has 1 atom stereocenters. The molecule has 0 aromatic rings. The van der Waals surface area contributed by atoms with Crippen molar-refractivity contribution in [1.29, 1.82) is 0 Å². The van der Waals surface area contributed by atoms with E-state index in [0.717, 1.165) is 43.7 Å². The molecule has 4 amide bonds. The molecule has 2 heterocycles. The zero-order valence-corrected chi connectivity index (χ0v) is 21.2. The van der Waals surface area contributed by atoms with Crippen LogP contribution in [0.3, 0.4) is 0 Å². The molecule has 3 fully saturated rings. The van der Waals surface area contributed by atoms with Crippen LogP contribution in [-0.4, -0.2) is 78.6 Å². The van der Waals surface area contributed by atoms with E-state index in [-0.39, 0.29) is 29.8 Å². The number of carbonyl (C=O) groups is 3. The van der Waals surface area contributed by atoms with Crippen LogP contribution in [0.5, 0.6) is 0 Å². The molecule has 8 heteroatoms. The molecule has 188 valence electrons. The van der Waals surface area contributed by atoms with Gasteiger partial charge < -0.3 is 15.4 Å². The molecular weight excluding hydrogens is 420 g/mol. The highest BCUT2D eigenvalue weighted by molar-refractivity contribution is 6.09. The lowest BCUT2D eigenvalue weighted by Gasteiger charge is -2.40. The van der Waals surface area contributed by atoms with E-state index in [9.17, 15) is 14.4 Å². The molecule has 2 aliphatic heterocycles. The summed E-state index contributed by atoms with van der Waals surface area (Å²) >= 11 is 0. The summed E-state index contributed by atoms with van der Waals surface area (Å²) in [5.41, 5.74) is -0.635. The number of nitrogens with zero attached hydrogens (tertiary/aromatic N) is 2. The first-order valence-corrected chi connectivity index (χ1v) is 12.8. The Hall–Kier alpha value is -1.67. The number of hydrogen-bond donors (Lipinski definition) is 2. The quantitative estimate of drug-likeness (QED) is 0.539. The van der Waals surface area contributed by atoms with Gasteiger partial charge in [-0.05, 0) is 42.9 Å². The molecule has 0 aromatic heterocycles. The highest BCUT2D eigenvalue weighted by Gasteiger charge is 2.53. The van der Waals surface area contributed by atoms with Crippen molar-refractivity contribution in [2.45, 2.75) is 84.7 Å². The molecule has 33 heavy (non-hydrogen) atoms. The number of nitrogens with one attached hydrogen (secondary N) is 2. The topological polar surface area (TPSA) is 91.0 Å². The van der Waals surface area contributed by atoms with Gasteiger partial charge in [-0.15, -0.1) is 0 Å². The number of imide groups is 1. The van der Waals surface area contributed by atoms with Crippen LogP contribution in [0.15, 0.2) is 0 Å². The maximum atomic E-state index is 13.2. The van der Waals surface area contributed by atoms with E-state index in [4.69, 9.17) is 4.74 Å². The smallest absolute Gasteiger partial charge is 0.325 e. The minimum atomic E-state index is -0.828. The van der Waals surface area contributed by atoms with Gasteiger partial charge in [-0.1, -0.05) is 47.5 Å². The van der Waals surface area contributed by atoms with Crippen LogP contribution in [0.25, 0.3) is 0 Å². The second-order valence-electron chi connectivity index (χ2n) is 11.1. The number of amides is 4. The van der Waals surface area contributed by atoms with Crippen molar-refractivity contribution < 1.29 is 19.1 Å². The zero-order valence-electron chi connectivity index (χ0n) is 21.2. The van der Waals surface area contributed by atoms with E-state index in [1.54, 1.807) is 0 Å². The third-order valence-electron chi connectivity index (χ3n) is 8.23. The maximum absolute atomic E-state index is 13.2. The summed E-state index contributed by atoms with van der Waals surface area (Å²) in [7, 11) is 0. The molecule has 8 nitrogen and oxygen atoms in total. The van der Waals surface area contributed by atoms with Crippen LogP contribution in [0.2, 0.25) is 0 Å². The minimum absolute atomic E-state index is 0.193. The third-order valence-corrected chi connectivity index (χ3v) is 8.23. The summed E-state index contributed by atoms with van der Waals surface area (Å²) in [6.45, 7) is 14.5. The van der Waals surface area contributed by atoms with E-state index >= 15 is 0 Å². The molecule has 1 saturated carbocycles. The molecule has 1 unspecified atom stereocenters. The predicted octanol–water partition coefficient (Wildman–Crippen LogP) is 2.77. The average molecular weight is 465 g/mol. The van der Waals surface area contributed by atoms with Crippen molar-refractivity contribution >= 4 is 17.8 Å². The average Bonchev–Trinajstić information content (AvgIpc) is 3.00. The van der Waals surface area contributed by atoms with Crippen molar-refractivity contribution in [1.82, 2.24) is 20.4 Å². The van der Waals surface area contributed by atoms with Gasteiger partial charge in [0.1, 0.15) is 12.1 Å². The zero-order chi connectivity index (χ0) is 24.2. The Morgan fingerprint density at radius 2 is 1.76 bits per heavy atom. The molecule has 3 rings (SSSR count). The molecule has 0 aromatic carbocycles. The Labute approximate surface area is 199 Å². The van der Waals surface area contributed by atoms with Crippen molar-refractivity contribution in [3.63, 3.8) is 0 Å². The lowest BCUT2D eigenvalue weighted by molar-refractivity contribution is -0.136. The van der Waals surface area contributed by atoms with Crippen LogP contribution in [0.4, 0.5) is 4.79 Å². The largest absolute Gasteiger partial charge is 0.379 e. The lowest BCUT2D eigenvalue weighted by Crippen LogP contribution is -2.53. The van der Waals surface area contributed by atoms with E-state index in [1.807, 2.05) is 0 Å². The normalized spacial score (nSPS) is 27.8. The van der Waals surface area contributed by atoms with Crippen LogP contribution < -0.4 is 10.6 Å². The van der Waals surface area contributed by atoms with Gasteiger partial charge >= 0.3 is 6.03 Å². The highest BCUT2D eigenvalue weighted by Crippen LogP contribution is 2.43. The molecule has 1 spiro atoms. The molecule has 1 aliphatic carbocycles. The Kier molecular flexibility index (Phi) is 8.43. The van der Waals surface area contributed by atoms with Gasteiger partial charge in [0, 0.05) is 25.7 Å². The number of hydrogen-bond acceptors (Lipinski definition) is 5. The van der Waals surface area contributed by atoms with Crippen molar-refractivity contribution in [2.24, 2.45) is 17.3 Å². The highest BCUT2D eigenvalue weighted by atomic mass is 16.5. The van der Waals surface area contributed by atoms with E-state index < -0.39 is 11.6 Å². The summed E-state index contributed by atoms with van der Waals surface area (Å²) in [4.78, 5) is 42.2. The molecule has 2 saturated heterocycles. The first kappa shape index (κ1) is 25.9. The Morgan fingerprint density at radius 3 is 2.30 bits per heavy atom. The Balaban J connectivity index is 1.57. The van der Waals surface area contributed by atoms with Crippen molar-refractivity contribution in [3.05, 3.63) is 0 Å². The van der Waals surface area contributed by atoms with Gasteiger partial charge in [0.15, 0.2) is 0 Å². The monoisotopic (exact) mass is 464 g/mol. The number of urea groups is 1.